The van der Waals surface area contributed by atoms with Crippen molar-refractivity contribution >= 4 is 11.8 Å². The molecule has 1 saturated carbocycles. The third-order valence-electron chi connectivity index (χ3n) is 4.25. The van der Waals surface area contributed by atoms with Gasteiger partial charge in [0, 0.05) is 11.3 Å². The summed E-state index contributed by atoms with van der Waals surface area (Å²) >= 11 is 1.78. The van der Waals surface area contributed by atoms with Gasteiger partial charge in [0.2, 0.25) is 0 Å². The van der Waals surface area contributed by atoms with Gasteiger partial charge in [0.05, 0.1) is 10.9 Å². The highest BCUT2D eigenvalue weighted by molar-refractivity contribution is 8.00. The van der Waals surface area contributed by atoms with Gasteiger partial charge >= 0.3 is 0 Å². The summed E-state index contributed by atoms with van der Waals surface area (Å²) in [7, 11) is 0. The summed E-state index contributed by atoms with van der Waals surface area (Å²) < 4.78 is 5.68. The van der Waals surface area contributed by atoms with E-state index in [9.17, 15) is 5.11 Å². The Hall–Kier alpha value is -0.770. The van der Waals surface area contributed by atoms with Crippen LogP contribution in [0.25, 0.3) is 0 Å². The Bertz CT molecular complexity index is 461. The van der Waals surface area contributed by atoms with Crippen LogP contribution in [-0.2, 0) is 4.74 Å². The molecule has 1 N–H and O–H groups in total. The van der Waals surface area contributed by atoms with Crippen molar-refractivity contribution in [3.63, 3.8) is 0 Å². The van der Waals surface area contributed by atoms with Gasteiger partial charge in [0.15, 0.2) is 5.79 Å². The molecule has 1 heterocycles. The summed E-state index contributed by atoms with van der Waals surface area (Å²) in [6, 6.07) is 10.3. The standard InChI is InChI=1S/C16H20O2S/c1-2-13-12-15(19-14-8-4-3-5-9-14)10-6-7-11-16(15,17)18-13/h2-5,8-9,13,17H,1,6-7,10-12H2/t13-,15-,16+/m1/s1. The molecular formula is C16H20O2S. The molecule has 0 radical (unpaired) electrons. The van der Waals surface area contributed by atoms with Crippen LogP contribution in [0.4, 0.5) is 0 Å². The van der Waals surface area contributed by atoms with Crippen molar-refractivity contribution in [3.05, 3.63) is 43.0 Å². The Morgan fingerprint density at radius 3 is 2.74 bits per heavy atom. The van der Waals surface area contributed by atoms with E-state index in [0.717, 1.165) is 32.1 Å². The van der Waals surface area contributed by atoms with Gasteiger partial charge in [-0.05, 0) is 31.4 Å². The second kappa shape index (κ2) is 4.97. The number of aliphatic hydroxyl groups is 1. The highest BCUT2D eigenvalue weighted by atomic mass is 32.2. The van der Waals surface area contributed by atoms with Crippen molar-refractivity contribution in [1.82, 2.24) is 0 Å². The van der Waals surface area contributed by atoms with Crippen LogP contribution in [0, 0.1) is 0 Å². The first-order valence-corrected chi connectivity index (χ1v) is 7.76. The molecule has 3 atom stereocenters. The quantitative estimate of drug-likeness (QED) is 0.853. The molecule has 1 aliphatic carbocycles. The number of ether oxygens (including phenoxy) is 1. The minimum Gasteiger partial charge on any atom is -0.364 e. The highest BCUT2D eigenvalue weighted by Crippen LogP contribution is 2.57. The Morgan fingerprint density at radius 2 is 2.00 bits per heavy atom. The van der Waals surface area contributed by atoms with Gasteiger partial charge in [-0.2, -0.15) is 0 Å². The lowest BCUT2D eigenvalue weighted by Crippen LogP contribution is -2.50. The van der Waals surface area contributed by atoms with Crippen LogP contribution in [0.3, 0.4) is 0 Å². The van der Waals surface area contributed by atoms with E-state index in [1.165, 1.54) is 4.90 Å². The molecule has 0 unspecified atom stereocenters. The molecule has 2 fully saturated rings. The summed E-state index contributed by atoms with van der Waals surface area (Å²) in [4.78, 5) is 1.20. The topological polar surface area (TPSA) is 29.5 Å². The minimum atomic E-state index is -0.995. The lowest BCUT2D eigenvalue weighted by atomic mass is 9.81. The lowest BCUT2D eigenvalue weighted by molar-refractivity contribution is -0.209. The fourth-order valence-electron chi connectivity index (χ4n) is 3.26. The van der Waals surface area contributed by atoms with Gasteiger partial charge in [-0.1, -0.05) is 30.7 Å². The first-order valence-electron chi connectivity index (χ1n) is 6.94. The Balaban J connectivity index is 1.91. The first kappa shape index (κ1) is 13.2. The maximum absolute atomic E-state index is 10.9. The highest BCUT2D eigenvalue weighted by Gasteiger charge is 2.59. The van der Waals surface area contributed by atoms with Crippen LogP contribution >= 0.6 is 11.8 Å². The van der Waals surface area contributed by atoms with Gasteiger partial charge in [-0.25, -0.2) is 0 Å². The van der Waals surface area contributed by atoms with Crippen LogP contribution in [0.15, 0.2) is 47.9 Å². The van der Waals surface area contributed by atoms with Gasteiger partial charge in [-0.3, -0.25) is 0 Å². The maximum Gasteiger partial charge on any atom is 0.181 e. The van der Waals surface area contributed by atoms with E-state index < -0.39 is 5.79 Å². The number of benzene rings is 1. The van der Waals surface area contributed by atoms with Gasteiger partial charge < -0.3 is 9.84 Å². The Morgan fingerprint density at radius 1 is 1.26 bits per heavy atom. The molecule has 102 valence electrons. The summed E-state index contributed by atoms with van der Waals surface area (Å²) in [5, 5.41) is 10.9. The molecule has 0 aromatic heterocycles. The number of fused-ring (bicyclic) bond motifs is 1. The second-order valence-electron chi connectivity index (χ2n) is 5.50. The predicted octanol–water partition coefficient (Wildman–Crippen LogP) is 3.76. The number of rotatable bonds is 3. The molecule has 1 aromatic rings. The monoisotopic (exact) mass is 276 g/mol. The van der Waals surface area contributed by atoms with Crippen LogP contribution in [-0.4, -0.2) is 21.7 Å². The average Bonchev–Trinajstić information content (AvgIpc) is 2.72. The Kier molecular flexibility index (Phi) is 3.46. The largest absolute Gasteiger partial charge is 0.364 e. The fraction of sp³-hybridized carbons (Fsp3) is 0.500. The molecule has 0 amide bonds. The third kappa shape index (κ3) is 2.24. The second-order valence-corrected chi connectivity index (χ2v) is 6.95. The van der Waals surface area contributed by atoms with Gasteiger partial charge in [0.1, 0.15) is 0 Å². The van der Waals surface area contributed by atoms with Gasteiger partial charge in [-0.15, -0.1) is 18.3 Å². The van der Waals surface area contributed by atoms with Gasteiger partial charge in [0.25, 0.3) is 0 Å². The van der Waals surface area contributed by atoms with Crippen LogP contribution < -0.4 is 0 Å². The van der Waals surface area contributed by atoms with Crippen LogP contribution in [0.2, 0.25) is 0 Å². The number of hydrogen-bond donors (Lipinski definition) is 1. The van der Waals surface area contributed by atoms with E-state index in [0.29, 0.717) is 0 Å². The van der Waals surface area contributed by atoms with Crippen molar-refractivity contribution in [3.8, 4) is 0 Å². The maximum atomic E-state index is 10.9. The van der Waals surface area contributed by atoms with E-state index in [1.54, 1.807) is 11.8 Å². The average molecular weight is 276 g/mol. The Labute approximate surface area is 118 Å². The lowest BCUT2D eigenvalue weighted by Gasteiger charge is -2.43. The molecule has 1 aliphatic heterocycles. The van der Waals surface area contributed by atoms with Crippen molar-refractivity contribution in [2.75, 3.05) is 0 Å². The van der Waals surface area contributed by atoms with Crippen LogP contribution in [0.5, 0.6) is 0 Å². The summed E-state index contributed by atoms with van der Waals surface area (Å²) in [5.74, 6) is -0.995. The molecule has 1 saturated heterocycles. The zero-order valence-electron chi connectivity index (χ0n) is 11.0. The number of hydrogen-bond acceptors (Lipinski definition) is 3. The van der Waals surface area contributed by atoms with Crippen LogP contribution in [0.1, 0.15) is 32.1 Å². The normalized spacial score (nSPS) is 37.8. The zero-order chi connectivity index (χ0) is 13.3. The fourth-order valence-corrected chi connectivity index (χ4v) is 4.81. The molecule has 19 heavy (non-hydrogen) atoms. The molecule has 3 heteroatoms. The molecule has 1 aromatic carbocycles. The third-order valence-corrected chi connectivity index (χ3v) is 5.84. The van der Waals surface area contributed by atoms with Crippen molar-refractivity contribution < 1.29 is 9.84 Å². The van der Waals surface area contributed by atoms with E-state index in [-0.39, 0.29) is 10.9 Å². The molecule has 0 bridgehead atoms. The van der Waals surface area contributed by atoms with E-state index in [1.807, 2.05) is 24.3 Å². The SMILES string of the molecule is C=C[C@@H]1C[C@]2(Sc3ccccc3)CCCC[C@]2(O)O1. The van der Waals surface area contributed by atoms with Crippen molar-refractivity contribution in [2.24, 2.45) is 0 Å². The van der Waals surface area contributed by atoms with Crippen molar-refractivity contribution in [1.29, 1.82) is 0 Å². The summed E-state index contributed by atoms with van der Waals surface area (Å²) in [6.45, 7) is 3.82. The smallest absolute Gasteiger partial charge is 0.181 e. The van der Waals surface area contributed by atoms with E-state index >= 15 is 0 Å². The molecular weight excluding hydrogens is 256 g/mol. The number of thioether (sulfide) groups is 1. The molecule has 3 rings (SSSR count). The summed E-state index contributed by atoms with van der Waals surface area (Å²) in [6.07, 6.45) is 6.59. The van der Waals surface area contributed by atoms with E-state index in [2.05, 4.69) is 18.7 Å². The minimum absolute atomic E-state index is 0.0284. The zero-order valence-corrected chi connectivity index (χ0v) is 11.9. The molecule has 2 nitrogen and oxygen atoms in total. The molecule has 2 aliphatic rings. The predicted molar refractivity (Wildman–Crippen MR) is 78.1 cm³/mol. The van der Waals surface area contributed by atoms with Crippen molar-refractivity contribution in [2.45, 2.75) is 53.6 Å². The molecule has 0 spiro atoms. The van der Waals surface area contributed by atoms with E-state index in [4.69, 9.17) is 4.74 Å². The summed E-state index contributed by atoms with van der Waals surface area (Å²) in [5.41, 5.74) is 0. The first-order chi connectivity index (χ1) is 9.17.